The highest BCUT2D eigenvalue weighted by atomic mass is 32.2. The fourth-order valence-corrected chi connectivity index (χ4v) is 3.17. The Balaban J connectivity index is 1.97. The van der Waals surface area contributed by atoms with Crippen LogP contribution in [-0.2, 0) is 26.1 Å². The predicted octanol–water partition coefficient (Wildman–Crippen LogP) is 2.08. The van der Waals surface area contributed by atoms with Crippen LogP contribution in [0.5, 0.6) is 0 Å². The van der Waals surface area contributed by atoms with Crippen molar-refractivity contribution in [2.45, 2.75) is 38.3 Å². The topological polar surface area (TPSA) is 115 Å². The maximum absolute atomic E-state index is 12.4. The summed E-state index contributed by atoms with van der Waals surface area (Å²) in [6.45, 7) is 5.32. The number of hydrogen-bond acceptors (Lipinski definition) is 6. The summed E-state index contributed by atoms with van der Waals surface area (Å²) in [5.41, 5.74) is 0.0329. The van der Waals surface area contributed by atoms with Gasteiger partial charge in [-0.15, -0.1) is 0 Å². The fourth-order valence-electron chi connectivity index (χ4n) is 2.13. The quantitative estimate of drug-likeness (QED) is 0.614. The van der Waals surface area contributed by atoms with E-state index in [0.717, 1.165) is 0 Å². The Labute approximate surface area is 164 Å². The molecule has 0 aliphatic rings. The van der Waals surface area contributed by atoms with Gasteiger partial charge in [0.1, 0.15) is 5.76 Å². The van der Waals surface area contributed by atoms with Crippen molar-refractivity contribution in [2.75, 3.05) is 6.61 Å². The first-order chi connectivity index (χ1) is 13.2. The highest BCUT2D eigenvalue weighted by molar-refractivity contribution is 7.89. The summed E-state index contributed by atoms with van der Waals surface area (Å²) in [6.07, 6.45) is 1.44. The zero-order valence-electron chi connectivity index (χ0n) is 16.0. The van der Waals surface area contributed by atoms with E-state index in [4.69, 9.17) is 9.15 Å². The number of carbonyl (C=O) groups excluding carboxylic acids is 2. The number of sulfonamides is 1. The molecule has 8 nitrogen and oxygen atoms in total. The summed E-state index contributed by atoms with van der Waals surface area (Å²) in [6, 6.07) is 8.64. The normalized spacial score (nSPS) is 12.6. The molecule has 152 valence electrons. The van der Waals surface area contributed by atoms with Crippen molar-refractivity contribution in [3.05, 3.63) is 54.0 Å². The van der Waals surface area contributed by atoms with Gasteiger partial charge in [-0.3, -0.25) is 4.79 Å². The van der Waals surface area contributed by atoms with Crippen molar-refractivity contribution >= 4 is 21.9 Å². The van der Waals surface area contributed by atoms with E-state index in [9.17, 15) is 18.0 Å². The van der Waals surface area contributed by atoms with Crippen LogP contribution in [0.4, 0.5) is 0 Å². The van der Waals surface area contributed by atoms with E-state index >= 15 is 0 Å². The van der Waals surface area contributed by atoms with Gasteiger partial charge < -0.3 is 14.5 Å². The third-order valence-electron chi connectivity index (χ3n) is 4.12. The molecule has 0 unspecified atom stereocenters. The summed E-state index contributed by atoms with van der Waals surface area (Å²) in [5.74, 6) is -0.495. The van der Waals surface area contributed by atoms with Crippen molar-refractivity contribution in [1.29, 1.82) is 0 Å². The molecule has 28 heavy (non-hydrogen) atoms. The second kappa shape index (κ2) is 9.52. The van der Waals surface area contributed by atoms with Crippen molar-refractivity contribution in [2.24, 2.45) is 5.92 Å². The molecule has 2 N–H and O–H groups in total. The number of carbonyl (C=O) groups is 2. The number of benzene rings is 1. The minimum Gasteiger partial charge on any atom is -0.468 e. The van der Waals surface area contributed by atoms with Gasteiger partial charge >= 0.3 is 5.97 Å². The number of amides is 1. The molecule has 0 spiro atoms. The van der Waals surface area contributed by atoms with Gasteiger partial charge in [0.2, 0.25) is 10.0 Å². The van der Waals surface area contributed by atoms with Crippen LogP contribution >= 0.6 is 0 Å². The summed E-state index contributed by atoms with van der Waals surface area (Å²) in [7, 11) is -3.85. The minimum atomic E-state index is -3.85. The predicted molar refractivity (Wildman–Crippen MR) is 102 cm³/mol. The first-order valence-electron chi connectivity index (χ1n) is 8.77. The molecule has 1 aromatic carbocycles. The van der Waals surface area contributed by atoms with Crippen LogP contribution in [0.2, 0.25) is 0 Å². The minimum absolute atomic E-state index is 0.0157. The molecule has 0 saturated heterocycles. The molecule has 0 radical (unpaired) electrons. The molecule has 0 aliphatic heterocycles. The molecule has 0 saturated carbocycles. The van der Waals surface area contributed by atoms with Crippen LogP contribution in [0.25, 0.3) is 0 Å². The molecular formula is C19H24N2O6S. The smallest absolute Gasteiger partial charge is 0.338 e. The lowest BCUT2D eigenvalue weighted by Crippen LogP contribution is -2.38. The molecule has 9 heteroatoms. The Hall–Kier alpha value is -2.65. The Bertz CT molecular complexity index is 906. The van der Waals surface area contributed by atoms with Crippen molar-refractivity contribution < 1.29 is 27.2 Å². The van der Waals surface area contributed by atoms with E-state index in [2.05, 4.69) is 10.0 Å². The summed E-state index contributed by atoms with van der Waals surface area (Å²) in [5, 5.41) is 2.72. The van der Waals surface area contributed by atoms with Gasteiger partial charge in [-0.1, -0.05) is 19.9 Å². The van der Waals surface area contributed by atoms with E-state index in [1.54, 1.807) is 12.1 Å². The third kappa shape index (κ3) is 6.21. The molecule has 2 rings (SSSR count). The fraction of sp³-hybridized carbons (Fsp3) is 0.368. The third-order valence-corrected chi connectivity index (χ3v) is 5.52. The Morgan fingerprint density at radius 3 is 2.54 bits per heavy atom. The van der Waals surface area contributed by atoms with E-state index in [1.807, 2.05) is 20.8 Å². The lowest BCUT2D eigenvalue weighted by Gasteiger charge is -2.17. The zero-order valence-corrected chi connectivity index (χ0v) is 16.8. The number of hydrogen-bond donors (Lipinski definition) is 2. The van der Waals surface area contributed by atoms with E-state index in [1.165, 1.54) is 30.5 Å². The first-order valence-corrected chi connectivity index (χ1v) is 10.3. The molecule has 0 fully saturated rings. The molecule has 2 aromatic rings. The average molecular weight is 408 g/mol. The maximum Gasteiger partial charge on any atom is 0.338 e. The van der Waals surface area contributed by atoms with E-state index < -0.39 is 28.5 Å². The zero-order chi connectivity index (χ0) is 20.7. The van der Waals surface area contributed by atoms with Gasteiger partial charge in [0.15, 0.2) is 6.61 Å². The van der Waals surface area contributed by atoms with Crippen LogP contribution in [0, 0.1) is 5.92 Å². The summed E-state index contributed by atoms with van der Waals surface area (Å²) < 4.78 is 37.2. The maximum atomic E-state index is 12.4. The number of furan rings is 1. The van der Waals surface area contributed by atoms with Crippen LogP contribution in [0.3, 0.4) is 0 Å². The SMILES string of the molecule is CC(C)[C@@H](C)NC(=O)COC(=O)c1cccc(S(=O)(=O)NCc2ccco2)c1. The Morgan fingerprint density at radius 1 is 1.14 bits per heavy atom. The van der Waals surface area contributed by atoms with Gasteiger partial charge in [0.05, 0.1) is 23.3 Å². The average Bonchev–Trinajstić information content (AvgIpc) is 3.18. The van der Waals surface area contributed by atoms with Gasteiger partial charge in [-0.2, -0.15) is 0 Å². The molecule has 0 aliphatic carbocycles. The molecule has 1 heterocycles. The lowest BCUT2D eigenvalue weighted by molar-refractivity contribution is -0.125. The van der Waals surface area contributed by atoms with Crippen LogP contribution in [-0.4, -0.2) is 32.9 Å². The molecule has 1 amide bonds. The second-order valence-corrected chi connectivity index (χ2v) is 8.38. The van der Waals surface area contributed by atoms with Crippen LogP contribution in [0.15, 0.2) is 52.0 Å². The highest BCUT2D eigenvalue weighted by Crippen LogP contribution is 2.13. The lowest BCUT2D eigenvalue weighted by atomic mass is 10.1. The van der Waals surface area contributed by atoms with Gasteiger partial charge in [0.25, 0.3) is 5.91 Å². The molecule has 1 aromatic heterocycles. The van der Waals surface area contributed by atoms with E-state index in [0.29, 0.717) is 5.76 Å². The Morgan fingerprint density at radius 2 is 1.89 bits per heavy atom. The second-order valence-electron chi connectivity index (χ2n) is 6.61. The van der Waals surface area contributed by atoms with E-state index in [-0.39, 0.29) is 29.0 Å². The monoisotopic (exact) mass is 408 g/mol. The van der Waals surface area contributed by atoms with Crippen molar-refractivity contribution in [3.8, 4) is 0 Å². The van der Waals surface area contributed by atoms with Gasteiger partial charge in [-0.05, 0) is 43.2 Å². The molecule has 0 bridgehead atoms. The number of ether oxygens (including phenoxy) is 1. The molecular weight excluding hydrogens is 384 g/mol. The number of nitrogens with one attached hydrogen (secondary N) is 2. The van der Waals surface area contributed by atoms with Gasteiger partial charge in [-0.25, -0.2) is 17.9 Å². The summed E-state index contributed by atoms with van der Waals surface area (Å²) >= 11 is 0. The van der Waals surface area contributed by atoms with Crippen molar-refractivity contribution in [1.82, 2.24) is 10.0 Å². The van der Waals surface area contributed by atoms with Crippen molar-refractivity contribution in [3.63, 3.8) is 0 Å². The Kier molecular flexibility index (Phi) is 7.36. The number of rotatable bonds is 9. The standard InChI is InChI=1S/C19H24N2O6S/c1-13(2)14(3)21-18(22)12-27-19(23)15-6-4-8-17(10-15)28(24,25)20-11-16-7-5-9-26-16/h4-10,13-14,20H,11-12H2,1-3H3,(H,21,22)/t14-/m1/s1. The molecule has 1 atom stereocenters. The largest absolute Gasteiger partial charge is 0.468 e. The van der Waals surface area contributed by atoms with Gasteiger partial charge in [0, 0.05) is 6.04 Å². The first kappa shape index (κ1) is 21.6. The summed E-state index contributed by atoms with van der Waals surface area (Å²) in [4.78, 5) is 23.9. The number of esters is 1. The highest BCUT2D eigenvalue weighted by Gasteiger charge is 2.18. The van der Waals surface area contributed by atoms with Crippen LogP contribution < -0.4 is 10.0 Å². The van der Waals surface area contributed by atoms with Crippen LogP contribution in [0.1, 0.15) is 36.9 Å².